The molecule has 0 spiro atoms. The highest BCUT2D eigenvalue weighted by atomic mass is 32.2. The van der Waals surface area contributed by atoms with E-state index in [1.807, 2.05) is 100 Å². The molecular formula is C32H41N3O4S. The van der Waals surface area contributed by atoms with Gasteiger partial charge in [0.05, 0.1) is 11.9 Å². The quantitative estimate of drug-likeness (QED) is 0.319. The maximum Gasteiger partial charge on any atom is 0.243 e. The standard InChI is InChI=1S/C32H41N3O4S/c1-6-33-32(37)30(22-27-13-8-7-9-14-27)34(23-28-15-10-12-24(2)20-28)31(36)16-11-19-35(40(5,38)39)29-21-25(3)17-18-26(29)4/h7-10,12-15,17-18,20-21,30H,6,11,16,19,22-23H2,1-5H3,(H,33,37)/t30-/m0/s1. The lowest BCUT2D eigenvalue weighted by atomic mass is 10.0. The summed E-state index contributed by atoms with van der Waals surface area (Å²) in [5, 5.41) is 2.91. The molecule has 0 fully saturated rings. The van der Waals surface area contributed by atoms with E-state index in [0.717, 1.165) is 27.8 Å². The van der Waals surface area contributed by atoms with Crippen molar-refractivity contribution in [2.45, 2.75) is 59.5 Å². The Bertz CT molecular complexity index is 1410. The Morgan fingerprint density at radius 2 is 1.55 bits per heavy atom. The van der Waals surface area contributed by atoms with Gasteiger partial charge in [-0.15, -0.1) is 0 Å². The average molecular weight is 564 g/mol. The number of carbonyl (C=O) groups is 2. The topological polar surface area (TPSA) is 86.8 Å². The number of sulfonamides is 1. The van der Waals surface area contributed by atoms with Crippen LogP contribution >= 0.6 is 0 Å². The van der Waals surface area contributed by atoms with Crippen molar-refractivity contribution in [2.24, 2.45) is 0 Å². The molecule has 0 heterocycles. The summed E-state index contributed by atoms with van der Waals surface area (Å²) >= 11 is 0. The molecule has 2 amide bonds. The summed E-state index contributed by atoms with van der Waals surface area (Å²) in [7, 11) is -3.56. The van der Waals surface area contributed by atoms with Crippen LogP contribution in [0.4, 0.5) is 5.69 Å². The van der Waals surface area contributed by atoms with E-state index in [1.165, 1.54) is 10.6 Å². The second kappa shape index (κ2) is 14.1. The molecule has 0 saturated carbocycles. The third-order valence-electron chi connectivity index (χ3n) is 6.84. The van der Waals surface area contributed by atoms with Crippen LogP contribution in [0.1, 0.15) is 47.6 Å². The summed E-state index contributed by atoms with van der Waals surface area (Å²) in [5.74, 6) is -0.399. The van der Waals surface area contributed by atoms with Gasteiger partial charge in [0.15, 0.2) is 0 Å². The minimum Gasteiger partial charge on any atom is -0.355 e. The van der Waals surface area contributed by atoms with Crippen molar-refractivity contribution >= 4 is 27.5 Å². The van der Waals surface area contributed by atoms with Crippen molar-refractivity contribution < 1.29 is 18.0 Å². The Morgan fingerprint density at radius 1 is 0.875 bits per heavy atom. The van der Waals surface area contributed by atoms with Crippen LogP contribution in [-0.2, 0) is 32.6 Å². The lowest BCUT2D eigenvalue weighted by Gasteiger charge is -2.32. The summed E-state index contributed by atoms with van der Waals surface area (Å²) in [6.45, 7) is 8.55. The first-order chi connectivity index (χ1) is 19.0. The zero-order valence-electron chi connectivity index (χ0n) is 24.2. The van der Waals surface area contributed by atoms with Crippen LogP contribution in [0.25, 0.3) is 0 Å². The predicted octanol–water partition coefficient (Wildman–Crippen LogP) is 4.93. The molecule has 0 aliphatic rings. The van der Waals surface area contributed by atoms with Crippen molar-refractivity contribution in [3.63, 3.8) is 0 Å². The fourth-order valence-electron chi connectivity index (χ4n) is 4.82. The molecule has 0 saturated heterocycles. The van der Waals surface area contributed by atoms with Crippen LogP contribution in [0, 0.1) is 20.8 Å². The summed E-state index contributed by atoms with van der Waals surface area (Å²) < 4.78 is 26.8. The third kappa shape index (κ3) is 8.68. The fourth-order valence-corrected chi connectivity index (χ4v) is 5.84. The van der Waals surface area contributed by atoms with Gasteiger partial charge in [-0.3, -0.25) is 13.9 Å². The molecule has 0 aromatic heterocycles. The Balaban J connectivity index is 1.88. The third-order valence-corrected chi connectivity index (χ3v) is 8.02. The van der Waals surface area contributed by atoms with Crippen LogP contribution in [0.3, 0.4) is 0 Å². The molecule has 7 nitrogen and oxygen atoms in total. The number of nitrogens with one attached hydrogen (secondary N) is 1. The highest BCUT2D eigenvalue weighted by molar-refractivity contribution is 7.92. The first-order valence-electron chi connectivity index (χ1n) is 13.7. The van der Waals surface area contributed by atoms with E-state index < -0.39 is 16.1 Å². The molecule has 0 radical (unpaired) electrons. The van der Waals surface area contributed by atoms with Gasteiger partial charge in [-0.05, 0) is 62.4 Å². The molecule has 0 unspecified atom stereocenters. The Hall–Kier alpha value is -3.65. The van der Waals surface area contributed by atoms with Crippen LogP contribution in [-0.4, -0.2) is 50.5 Å². The van der Waals surface area contributed by atoms with E-state index in [2.05, 4.69) is 5.32 Å². The van der Waals surface area contributed by atoms with Crippen molar-refractivity contribution in [3.8, 4) is 0 Å². The van der Waals surface area contributed by atoms with Gasteiger partial charge < -0.3 is 10.2 Å². The zero-order chi connectivity index (χ0) is 29.3. The number of hydrogen-bond donors (Lipinski definition) is 1. The summed E-state index contributed by atoms with van der Waals surface area (Å²) in [5.41, 5.74) is 5.39. The van der Waals surface area contributed by atoms with E-state index in [9.17, 15) is 18.0 Å². The molecule has 1 atom stereocenters. The summed E-state index contributed by atoms with van der Waals surface area (Å²) in [6, 6.07) is 22.6. The van der Waals surface area contributed by atoms with Crippen LogP contribution in [0.5, 0.6) is 0 Å². The van der Waals surface area contributed by atoms with E-state index >= 15 is 0 Å². The van der Waals surface area contributed by atoms with Gasteiger partial charge in [0.25, 0.3) is 0 Å². The van der Waals surface area contributed by atoms with Gasteiger partial charge in [0.1, 0.15) is 6.04 Å². The van der Waals surface area contributed by atoms with Crippen molar-refractivity contribution in [1.82, 2.24) is 10.2 Å². The molecule has 0 bridgehead atoms. The number of likely N-dealkylation sites (N-methyl/N-ethyl adjacent to an activating group) is 1. The Kier molecular flexibility index (Phi) is 10.9. The molecule has 40 heavy (non-hydrogen) atoms. The van der Waals surface area contributed by atoms with Gasteiger partial charge in [0, 0.05) is 32.5 Å². The average Bonchev–Trinajstić information content (AvgIpc) is 2.90. The molecule has 0 aliphatic carbocycles. The molecule has 3 rings (SSSR count). The lowest BCUT2D eigenvalue weighted by Crippen LogP contribution is -2.50. The van der Waals surface area contributed by atoms with E-state index in [4.69, 9.17) is 0 Å². The monoisotopic (exact) mass is 563 g/mol. The van der Waals surface area contributed by atoms with Crippen LogP contribution < -0.4 is 9.62 Å². The highest BCUT2D eigenvalue weighted by Gasteiger charge is 2.30. The first-order valence-corrected chi connectivity index (χ1v) is 15.6. The minimum absolute atomic E-state index is 0.105. The van der Waals surface area contributed by atoms with Gasteiger partial charge in [0.2, 0.25) is 21.8 Å². The SMILES string of the molecule is CCNC(=O)[C@H](Cc1ccccc1)N(Cc1cccc(C)c1)C(=O)CCCN(c1cc(C)ccc1C)S(C)(=O)=O. The summed E-state index contributed by atoms with van der Waals surface area (Å²) in [4.78, 5) is 28.8. The molecule has 3 aromatic carbocycles. The maximum atomic E-state index is 13.8. The van der Waals surface area contributed by atoms with Crippen molar-refractivity contribution in [1.29, 1.82) is 0 Å². The number of benzene rings is 3. The molecule has 8 heteroatoms. The lowest BCUT2D eigenvalue weighted by molar-refractivity contribution is -0.141. The largest absolute Gasteiger partial charge is 0.355 e. The Morgan fingerprint density at radius 3 is 2.20 bits per heavy atom. The molecular weight excluding hydrogens is 522 g/mol. The Labute approximate surface area is 239 Å². The molecule has 3 aromatic rings. The van der Waals surface area contributed by atoms with E-state index in [-0.39, 0.29) is 31.3 Å². The first kappa shape index (κ1) is 30.9. The van der Waals surface area contributed by atoms with Crippen LogP contribution in [0.2, 0.25) is 0 Å². The number of hydrogen-bond acceptors (Lipinski definition) is 4. The van der Waals surface area contributed by atoms with E-state index in [1.54, 1.807) is 4.90 Å². The number of aryl methyl sites for hydroxylation is 3. The number of amides is 2. The molecule has 0 aliphatic heterocycles. The minimum atomic E-state index is -3.56. The molecule has 214 valence electrons. The zero-order valence-corrected chi connectivity index (χ0v) is 25.0. The van der Waals surface area contributed by atoms with Gasteiger partial charge in [-0.25, -0.2) is 8.42 Å². The van der Waals surface area contributed by atoms with Gasteiger partial charge in [-0.1, -0.05) is 72.3 Å². The number of nitrogens with zero attached hydrogens (tertiary/aromatic N) is 2. The second-order valence-corrected chi connectivity index (χ2v) is 12.2. The number of anilines is 1. The smallest absolute Gasteiger partial charge is 0.243 e. The van der Waals surface area contributed by atoms with Crippen molar-refractivity contribution in [2.75, 3.05) is 23.7 Å². The second-order valence-electron chi connectivity index (χ2n) is 10.3. The van der Waals surface area contributed by atoms with E-state index in [0.29, 0.717) is 25.1 Å². The number of carbonyl (C=O) groups excluding carboxylic acids is 2. The van der Waals surface area contributed by atoms with Crippen molar-refractivity contribution in [3.05, 3.63) is 101 Å². The highest BCUT2D eigenvalue weighted by Crippen LogP contribution is 2.25. The van der Waals surface area contributed by atoms with Gasteiger partial charge in [-0.2, -0.15) is 0 Å². The summed E-state index contributed by atoms with van der Waals surface area (Å²) in [6.07, 6.45) is 1.98. The normalized spacial score (nSPS) is 12.0. The van der Waals surface area contributed by atoms with Gasteiger partial charge >= 0.3 is 0 Å². The number of rotatable bonds is 13. The maximum absolute atomic E-state index is 13.8. The predicted molar refractivity (Wildman–Crippen MR) is 162 cm³/mol. The van der Waals surface area contributed by atoms with Crippen LogP contribution in [0.15, 0.2) is 72.8 Å². The molecule has 1 N–H and O–H groups in total. The fraction of sp³-hybridized carbons (Fsp3) is 0.375.